The molecule has 1 aliphatic rings. The highest BCUT2D eigenvalue weighted by Gasteiger charge is 2.33. The molecule has 66 heavy (non-hydrogen) atoms. The molecule has 18 heteroatoms. The molecule has 18 nitrogen and oxygen atoms in total. The lowest BCUT2D eigenvalue weighted by molar-refractivity contribution is -0.156. The van der Waals surface area contributed by atoms with E-state index in [1.54, 1.807) is 109 Å². The van der Waals surface area contributed by atoms with E-state index in [2.05, 4.69) is 16.0 Å². The Bertz CT molecular complexity index is 2540. The van der Waals surface area contributed by atoms with Crippen LogP contribution in [0.25, 0.3) is 0 Å². The molecule has 1 aliphatic carbocycles. The molecule has 4 N–H and O–H groups in total. The van der Waals surface area contributed by atoms with Gasteiger partial charge in [0.1, 0.15) is 39.6 Å². The first-order valence-electron chi connectivity index (χ1n) is 20.3. The van der Waals surface area contributed by atoms with Crippen molar-refractivity contribution in [2.24, 2.45) is 0 Å². The van der Waals surface area contributed by atoms with E-state index in [1.165, 1.54) is 24.3 Å². The average molecular weight is 902 g/mol. The van der Waals surface area contributed by atoms with Crippen LogP contribution in [-0.2, 0) is 69.2 Å². The summed E-state index contributed by atoms with van der Waals surface area (Å²) in [6, 6.07) is 31.2. The third kappa shape index (κ3) is 13.3. The van der Waals surface area contributed by atoms with Gasteiger partial charge in [-0.1, -0.05) is 121 Å². The number of alkyl carbamates (subject to hydrolysis) is 3. The van der Waals surface area contributed by atoms with Gasteiger partial charge in [0.2, 0.25) is 0 Å². The first kappa shape index (κ1) is 47.1. The van der Waals surface area contributed by atoms with Crippen molar-refractivity contribution in [3.63, 3.8) is 0 Å². The Morgan fingerprint density at radius 3 is 1.18 bits per heavy atom. The molecule has 0 fully saturated rings. The second kappa shape index (κ2) is 23.3. The number of ketones is 2. The van der Waals surface area contributed by atoms with Crippen molar-refractivity contribution in [1.29, 1.82) is 0 Å². The molecule has 3 amide bonds. The molecule has 0 saturated carbocycles. The van der Waals surface area contributed by atoms with Crippen molar-refractivity contribution < 1.29 is 71.9 Å². The van der Waals surface area contributed by atoms with Crippen molar-refractivity contribution in [3.05, 3.63) is 178 Å². The van der Waals surface area contributed by atoms with Gasteiger partial charge >= 0.3 is 36.2 Å². The number of carbonyl (C=O) groups is 8. The van der Waals surface area contributed by atoms with E-state index in [-0.39, 0.29) is 47.9 Å². The van der Waals surface area contributed by atoms with Crippen LogP contribution in [0.3, 0.4) is 0 Å². The van der Waals surface area contributed by atoms with Gasteiger partial charge in [0.15, 0.2) is 29.7 Å². The Labute approximate surface area is 377 Å². The van der Waals surface area contributed by atoms with Gasteiger partial charge in [0, 0.05) is 22.3 Å². The molecule has 3 atom stereocenters. The smallest absolute Gasteiger partial charge is 0.408 e. The highest BCUT2D eigenvalue weighted by Crippen LogP contribution is 2.28. The van der Waals surface area contributed by atoms with Gasteiger partial charge in [-0.15, -0.1) is 0 Å². The number of hydrogen-bond acceptors (Lipinski definition) is 15. The lowest BCUT2D eigenvalue weighted by atomic mass is 9.83. The number of hydrogen-bond donors (Lipinski definition) is 4. The molecule has 0 aromatic heterocycles. The maximum Gasteiger partial charge on any atom is 0.408 e. The van der Waals surface area contributed by atoms with E-state index in [9.17, 15) is 43.5 Å². The Kier molecular flexibility index (Phi) is 16.7. The first-order valence-corrected chi connectivity index (χ1v) is 20.3. The van der Waals surface area contributed by atoms with Crippen molar-refractivity contribution in [2.45, 2.75) is 44.6 Å². The van der Waals surface area contributed by atoms with Crippen molar-refractivity contribution >= 4 is 47.8 Å². The van der Waals surface area contributed by atoms with Crippen LogP contribution in [0.15, 0.2) is 133 Å². The third-order valence-electron chi connectivity index (χ3n) is 9.71. The third-order valence-corrected chi connectivity index (χ3v) is 9.71. The number of nitrogens with one attached hydrogen (secondary N) is 3. The number of carbonyl (C=O) groups excluding carboxylic acids is 8. The lowest BCUT2D eigenvalue weighted by Gasteiger charge is -2.22. The van der Waals surface area contributed by atoms with E-state index in [0.29, 0.717) is 22.3 Å². The number of fused-ring (bicyclic) bond motifs is 2. The zero-order valence-corrected chi connectivity index (χ0v) is 35.0. The zero-order valence-electron chi connectivity index (χ0n) is 35.0. The van der Waals surface area contributed by atoms with Crippen LogP contribution < -0.4 is 16.0 Å². The highest BCUT2D eigenvalue weighted by molar-refractivity contribution is 6.28. The van der Waals surface area contributed by atoms with E-state index in [4.69, 9.17) is 28.4 Å². The summed E-state index contributed by atoms with van der Waals surface area (Å²) < 4.78 is 31.6. The van der Waals surface area contributed by atoms with Crippen LogP contribution in [0.2, 0.25) is 0 Å². The summed E-state index contributed by atoms with van der Waals surface area (Å²) in [7, 11) is 0. The molecule has 340 valence electrons. The van der Waals surface area contributed by atoms with Gasteiger partial charge in [0.05, 0.1) is 6.61 Å². The summed E-state index contributed by atoms with van der Waals surface area (Å²) in [6.07, 6.45) is -3.32. The molecule has 0 bridgehead atoms. The molecular weight excluding hydrogens is 859 g/mol. The second-order valence-electron chi connectivity index (χ2n) is 14.4. The van der Waals surface area contributed by atoms with E-state index in [0.717, 1.165) is 0 Å². The van der Waals surface area contributed by atoms with Crippen LogP contribution in [0.4, 0.5) is 14.4 Å². The summed E-state index contributed by atoms with van der Waals surface area (Å²) in [5.74, 6) is -4.39. The minimum Gasteiger partial charge on any atom is -0.461 e. The number of benzene rings is 5. The molecule has 0 spiro atoms. The Morgan fingerprint density at radius 2 is 0.742 bits per heavy atom. The van der Waals surface area contributed by atoms with Crippen LogP contribution in [0.1, 0.15) is 54.1 Å². The SMILES string of the molecule is O=C(N[C@@H](CO)C(=O)OC[C@H](NC(=O)OCc1ccccc1)C(=O)OC[C@H](NC(=O)OCc1ccccc1)C(=O)OCc1ccc2c(c1)C(=O)c1ccccc1C2=O)OCc1ccccc1. The number of ether oxygens (including phenoxy) is 6. The predicted octanol–water partition coefficient (Wildman–Crippen LogP) is 4.47. The van der Waals surface area contributed by atoms with E-state index < -0.39 is 86.5 Å². The fourth-order valence-corrected chi connectivity index (χ4v) is 6.26. The molecule has 0 aliphatic heterocycles. The average Bonchev–Trinajstić information content (AvgIpc) is 3.35. The summed E-state index contributed by atoms with van der Waals surface area (Å²) in [6.45, 7) is -3.80. The molecule has 0 heterocycles. The summed E-state index contributed by atoms with van der Waals surface area (Å²) in [5.41, 5.74) is 2.93. The van der Waals surface area contributed by atoms with Crippen molar-refractivity contribution in [3.8, 4) is 0 Å². The molecule has 0 unspecified atom stereocenters. The van der Waals surface area contributed by atoms with Gasteiger partial charge in [-0.2, -0.15) is 0 Å². The largest absolute Gasteiger partial charge is 0.461 e. The van der Waals surface area contributed by atoms with Gasteiger partial charge in [-0.3, -0.25) is 9.59 Å². The lowest BCUT2D eigenvalue weighted by Crippen LogP contribution is -2.50. The Morgan fingerprint density at radius 1 is 0.394 bits per heavy atom. The van der Waals surface area contributed by atoms with Crippen molar-refractivity contribution in [2.75, 3.05) is 19.8 Å². The molecule has 0 saturated heterocycles. The molecule has 6 rings (SSSR count). The summed E-state index contributed by atoms with van der Waals surface area (Å²) in [4.78, 5) is 105. The number of rotatable bonds is 19. The molecular formula is C48H43N3O15. The van der Waals surface area contributed by atoms with Crippen LogP contribution in [0, 0.1) is 0 Å². The van der Waals surface area contributed by atoms with Crippen LogP contribution in [-0.4, -0.2) is 90.8 Å². The Hall–Kier alpha value is -8.38. The normalized spacial score (nSPS) is 12.7. The van der Waals surface area contributed by atoms with Gasteiger partial charge < -0.3 is 49.5 Å². The Balaban J connectivity index is 1.12. The summed E-state index contributed by atoms with van der Waals surface area (Å²) in [5, 5.41) is 16.5. The highest BCUT2D eigenvalue weighted by atomic mass is 16.6. The molecule has 0 radical (unpaired) electrons. The van der Waals surface area contributed by atoms with Gasteiger partial charge in [-0.05, 0) is 34.4 Å². The molecule has 5 aromatic rings. The summed E-state index contributed by atoms with van der Waals surface area (Å²) >= 11 is 0. The standard InChI is InChI=1S/C48H43N3O15/c52-23-38(49-46(58)64-24-30-12-4-1-5-13-30)43(55)62-28-40(51-48(60)66-26-32-16-8-3-9-17-32)45(57)63-29-39(50-47(59)65-25-31-14-6-2-7-15-31)44(56)61-27-33-20-21-36-37(22-33)42(54)35-19-11-10-18-34(35)41(36)53/h1-22,38-40,52H,23-29H2,(H,49,58)(H,50,59)(H,51,60)/t38-,39-,40-/m0/s1. The maximum atomic E-state index is 13.6. The monoisotopic (exact) mass is 901 g/mol. The van der Waals surface area contributed by atoms with Gasteiger partial charge in [-0.25, -0.2) is 28.8 Å². The minimum atomic E-state index is -1.82. The number of aliphatic hydroxyl groups excluding tert-OH is 1. The number of esters is 3. The molecule has 5 aromatic carbocycles. The topological polar surface area (TPSA) is 248 Å². The second-order valence-corrected chi connectivity index (χ2v) is 14.4. The van der Waals surface area contributed by atoms with E-state index >= 15 is 0 Å². The van der Waals surface area contributed by atoms with Gasteiger partial charge in [0.25, 0.3) is 0 Å². The van der Waals surface area contributed by atoms with Crippen LogP contribution >= 0.6 is 0 Å². The fourth-order valence-electron chi connectivity index (χ4n) is 6.26. The first-order chi connectivity index (χ1) is 32.0. The van der Waals surface area contributed by atoms with E-state index in [1.807, 2.05) is 0 Å². The minimum absolute atomic E-state index is 0.103. The van der Waals surface area contributed by atoms with Crippen LogP contribution in [0.5, 0.6) is 0 Å². The maximum absolute atomic E-state index is 13.6. The number of amides is 3. The quantitative estimate of drug-likeness (QED) is 0.0647. The number of aliphatic hydroxyl groups is 1. The predicted molar refractivity (Wildman–Crippen MR) is 229 cm³/mol. The fraction of sp³-hybridized carbons (Fsp3) is 0.208. The zero-order chi connectivity index (χ0) is 46.8. The van der Waals surface area contributed by atoms with Crippen molar-refractivity contribution in [1.82, 2.24) is 16.0 Å².